The molecule has 0 saturated carbocycles. The molecule has 4 heteroatoms. The van der Waals surface area contributed by atoms with E-state index in [1.165, 1.54) is 0 Å². The quantitative estimate of drug-likeness (QED) is 0.662. The van der Waals surface area contributed by atoms with Gasteiger partial charge in [0, 0.05) is 11.9 Å². The number of rotatable bonds is 1. The normalized spacial score (nSPS) is 11.4. The fourth-order valence-electron chi connectivity index (χ4n) is 1.34. The first kappa shape index (κ1) is 8.16. The van der Waals surface area contributed by atoms with E-state index in [0.717, 1.165) is 0 Å². The Labute approximate surface area is 73.8 Å². The second-order valence-electron chi connectivity index (χ2n) is 2.81. The minimum absolute atomic E-state index is 0.133. The summed E-state index contributed by atoms with van der Waals surface area (Å²) >= 11 is 0. The largest absolute Gasteiger partial charge is 0.304 e. The number of nitrogens with zero attached hydrogens (tertiary/aromatic N) is 2. The predicted octanol–water partition coefficient (Wildman–Crippen LogP) is 2.58. The minimum Gasteiger partial charge on any atom is -0.304 e. The molecule has 0 bridgehead atoms. The van der Waals surface area contributed by atoms with Gasteiger partial charge in [0.1, 0.15) is 11.3 Å². The lowest BCUT2D eigenvalue weighted by Gasteiger charge is -1.95. The lowest BCUT2D eigenvalue weighted by molar-refractivity contribution is 0.146. The second-order valence-corrected chi connectivity index (χ2v) is 2.81. The molecule has 0 N–H and O–H groups in total. The minimum atomic E-state index is -2.50. The molecule has 0 unspecified atom stereocenters. The van der Waals surface area contributed by atoms with E-state index in [1.807, 2.05) is 0 Å². The predicted molar refractivity (Wildman–Crippen MR) is 44.9 cm³/mol. The number of hydrogen-bond acceptors (Lipinski definition) is 1. The fraction of sp³-hybridized carbons (Fsp3) is 0.222. The Balaban J connectivity index is 2.74. The lowest BCUT2D eigenvalue weighted by atomic mass is 10.3. The van der Waals surface area contributed by atoms with Gasteiger partial charge in [0.25, 0.3) is 6.43 Å². The molecule has 0 amide bonds. The number of hydrogen-bond donors (Lipinski definition) is 0. The van der Waals surface area contributed by atoms with Gasteiger partial charge < -0.3 is 4.40 Å². The van der Waals surface area contributed by atoms with Crippen molar-refractivity contribution in [2.24, 2.45) is 0 Å². The summed E-state index contributed by atoms with van der Waals surface area (Å²) in [6, 6.07) is 5.27. The molecular weight excluding hydrogens is 174 g/mol. The van der Waals surface area contributed by atoms with E-state index in [2.05, 4.69) is 4.98 Å². The molecule has 2 nitrogen and oxygen atoms in total. The van der Waals surface area contributed by atoms with Crippen LogP contribution in [0.15, 0.2) is 24.4 Å². The smallest absolute Gasteiger partial charge is 0.282 e. The number of fused-ring (bicyclic) bond motifs is 1. The number of halogens is 2. The zero-order chi connectivity index (χ0) is 9.42. The first-order valence-corrected chi connectivity index (χ1v) is 3.92. The summed E-state index contributed by atoms with van der Waals surface area (Å²) in [6.07, 6.45) is -0.774. The Hall–Kier alpha value is -1.45. The van der Waals surface area contributed by atoms with Gasteiger partial charge in [-0.05, 0) is 19.1 Å². The number of alkyl halides is 2. The van der Waals surface area contributed by atoms with Crippen molar-refractivity contribution < 1.29 is 8.78 Å². The van der Waals surface area contributed by atoms with Crippen LogP contribution in [0, 0.1) is 6.92 Å². The summed E-state index contributed by atoms with van der Waals surface area (Å²) < 4.78 is 26.4. The van der Waals surface area contributed by atoms with Crippen LogP contribution in [0.5, 0.6) is 0 Å². The highest BCUT2D eigenvalue weighted by Gasteiger charge is 2.16. The van der Waals surface area contributed by atoms with Crippen LogP contribution in [-0.4, -0.2) is 9.38 Å². The molecule has 0 spiro atoms. The Kier molecular flexibility index (Phi) is 1.76. The highest BCUT2D eigenvalue weighted by atomic mass is 19.3. The molecule has 2 aromatic rings. The number of aromatic nitrogens is 2. The number of imidazole rings is 1. The highest BCUT2D eigenvalue weighted by Crippen LogP contribution is 2.22. The molecule has 2 aromatic heterocycles. The molecule has 0 fully saturated rings. The molecule has 0 aliphatic heterocycles. The number of aryl methyl sites for hydroxylation is 1. The summed E-state index contributed by atoms with van der Waals surface area (Å²) in [5.74, 6) is 0. The van der Waals surface area contributed by atoms with Crippen molar-refractivity contribution in [3.8, 4) is 0 Å². The van der Waals surface area contributed by atoms with Crippen molar-refractivity contribution >= 4 is 5.65 Å². The number of pyridine rings is 1. The first-order valence-electron chi connectivity index (χ1n) is 3.92. The SMILES string of the molecule is Cc1c(C(F)F)nc2ccccn12. The fourth-order valence-corrected chi connectivity index (χ4v) is 1.34. The van der Waals surface area contributed by atoms with E-state index in [0.29, 0.717) is 11.3 Å². The van der Waals surface area contributed by atoms with Gasteiger partial charge in [0.05, 0.1) is 0 Å². The maximum absolute atomic E-state index is 12.4. The van der Waals surface area contributed by atoms with E-state index < -0.39 is 6.43 Å². The molecule has 2 heterocycles. The van der Waals surface area contributed by atoms with E-state index in [1.54, 1.807) is 35.7 Å². The van der Waals surface area contributed by atoms with Crippen molar-refractivity contribution in [1.29, 1.82) is 0 Å². The average Bonchev–Trinajstić information content (AvgIpc) is 2.45. The van der Waals surface area contributed by atoms with Gasteiger partial charge in [-0.2, -0.15) is 0 Å². The molecule has 0 aliphatic carbocycles. The third-order valence-corrected chi connectivity index (χ3v) is 2.01. The summed E-state index contributed by atoms with van der Waals surface area (Å²) in [6.45, 7) is 1.64. The van der Waals surface area contributed by atoms with Crippen LogP contribution in [-0.2, 0) is 0 Å². The lowest BCUT2D eigenvalue weighted by Crippen LogP contribution is -1.89. The second kappa shape index (κ2) is 2.80. The standard InChI is InChI=1S/C9H8F2N2/c1-6-8(9(10)11)12-7-4-2-3-5-13(6)7/h2-5,9H,1H3. The van der Waals surface area contributed by atoms with Crippen LogP contribution >= 0.6 is 0 Å². The van der Waals surface area contributed by atoms with Gasteiger partial charge in [0.2, 0.25) is 0 Å². The first-order chi connectivity index (χ1) is 6.20. The van der Waals surface area contributed by atoms with Crippen molar-refractivity contribution in [3.63, 3.8) is 0 Å². The molecule has 0 atom stereocenters. The van der Waals surface area contributed by atoms with E-state index >= 15 is 0 Å². The molecule has 2 rings (SSSR count). The average molecular weight is 182 g/mol. The zero-order valence-corrected chi connectivity index (χ0v) is 7.04. The van der Waals surface area contributed by atoms with Crippen LogP contribution in [0.2, 0.25) is 0 Å². The highest BCUT2D eigenvalue weighted by molar-refractivity contribution is 5.42. The summed E-state index contributed by atoms with van der Waals surface area (Å²) in [4.78, 5) is 3.82. The summed E-state index contributed by atoms with van der Waals surface area (Å²) in [5.41, 5.74) is 0.937. The molecule has 68 valence electrons. The summed E-state index contributed by atoms with van der Waals surface area (Å²) in [5, 5.41) is 0. The maximum Gasteiger partial charge on any atom is 0.282 e. The third kappa shape index (κ3) is 1.18. The van der Waals surface area contributed by atoms with Gasteiger partial charge in [-0.3, -0.25) is 0 Å². The molecule has 0 aliphatic rings. The van der Waals surface area contributed by atoms with Crippen LogP contribution < -0.4 is 0 Å². The van der Waals surface area contributed by atoms with Gasteiger partial charge in [-0.25, -0.2) is 13.8 Å². The topological polar surface area (TPSA) is 17.3 Å². The van der Waals surface area contributed by atoms with Crippen LogP contribution in [0.25, 0.3) is 5.65 Å². The van der Waals surface area contributed by atoms with E-state index in [4.69, 9.17) is 0 Å². The van der Waals surface area contributed by atoms with Gasteiger partial charge in [-0.1, -0.05) is 6.07 Å². The van der Waals surface area contributed by atoms with E-state index in [-0.39, 0.29) is 5.69 Å². The van der Waals surface area contributed by atoms with Crippen molar-refractivity contribution in [2.75, 3.05) is 0 Å². The van der Waals surface area contributed by atoms with Crippen molar-refractivity contribution in [1.82, 2.24) is 9.38 Å². The molecule has 0 saturated heterocycles. The molecule has 0 aromatic carbocycles. The van der Waals surface area contributed by atoms with Crippen molar-refractivity contribution in [2.45, 2.75) is 13.3 Å². The maximum atomic E-state index is 12.4. The van der Waals surface area contributed by atoms with Gasteiger partial charge in [0.15, 0.2) is 0 Å². The van der Waals surface area contributed by atoms with Crippen LogP contribution in [0.3, 0.4) is 0 Å². The zero-order valence-electron chi connectivity index (χ0n) is 7.04. The van der Waals surface area contributed by atoms with E-state index in [9.17, 15) is 8.78 Å². The Bertz CT molecular complexity index is 434. The van der Waals surface area contributed by atoms with Crippen LogP contribution in [0.4, 0.5) is 8.78 Å². The Morgan fingerprint density at radius 1 is 1.38 bits per heavy atom. The molecule has 0 radical (unpaired) electrons. The monoisotopic (exact) mass is 182 g/mol. The molecular formula is C9H8F2N2. The summed E-state index contributed by atoms with van der Waals surface area (Å²) in [7, 11) is 0. The van der Waals surface area contributed by atoms with Crippen LogP contribution in [0.1, 0.15) is 17.8 Å². The van der Waals surface area contributed by atoms with Gasteiger partial charge >= 0.3 is 0 Å². The molecule has 13 heavy (non-hydrogen) atoms. The van der Waals surface area contributed by atoms with Gasteiger partial charge in [-0.15, -0.1) is 0 Å². The van der Waals surface area contributed by atoms with Crippen molar-refractivity contribution in [3.05, 3.63) is 35.8 Å². The Morgan fingerprint density at radius 2 is 2.15 bits per heavy atom. The Morgan fingerprint density at radius 3 is 2.77 bits per heavy atom. The third-order valence-electron chi connectivity index (χ3n) is 2.01.